The first-order chi connectivity index (χ1) is 8.22. The monoisotopic (exact) mass is 230 g/mol. The zero-order valence-corrected chi connectivity index (χ0v) is 10.9. The molecule has 0 radical (unpaired) electrons. The molecule has 0 bridgehead atoms. The lowest BCUT2D eigenvalue weighted by atomic mass is 10.1. The summed E-state index contributed by atoms with van der Waals surface area (Å²) in [5.74, 6) is 0. The topological polar surface area (TPSA) is 6.48 Å². The molecule has 2 aliphatic rings. The van der Waals surface area contributed by atoms with Crippen LogP contribution in [0.25, 0.3) is 0 Å². The molecule has 3 rings (SSSR count). The molecule has 2 nitrogen and oxygen atoms in total. The zero-order valence-electron chi connectivity index (χ0n) is 10.9. The van der Waals surface area contributed by atoms with Gasteiger partial charge in [0.25, 0.3) is 0 Å². The van der Waals surface area contributed by atoms with Gasteiger partial charge in [0.05, 0.1) is 0 Å². The lowest BCUT2D eigenvalue weighted by Gasteiger charge is -2.39. The first-order valence-corrected chi connectivity index (χ1v) is 6.80. The summed E-state index contributed by atoms with van der Waals surface area (Å²) in [6, 6.07) is 7.73. The van der Waals surface area contributed by atoms with Crippen LogP contribution >= 0.6 is 0 Å². The second-order valence-corrected chi connectivity index (χ2v) is 5.62. The minimum Gasteiger partial charge on any atom is -0.369 e. The van der Waals surface area contributed by atoms with Crippen LogP contribution in [0.1, 0.15) is 24.0 Å². The largest absolute Gasteiger partial charge is 0.369 e. The molecule has 0 aliphatic carbocycles. The fourth-order valence-electron chi connectivity index (χ4n) is 3.36. The maximum atomic E-state index is 2.67. The minimum atomic E-state index is 0.810. The Morgan fingerprint density at radius 3 is 2.53 bits per heavy atom. The fourth-order valence-corrected chi connectivity index (χ4v) is 3.36. The highest BCUT2D eigenvalue weighted by Gasteiger charge is 2.30. The van der Waals surface area contributed by atoms with Crippen LogP contribution in [-0.4, -0.2) is 37.1 Å². The number of benzene rings is 1. The van der Waals surface area contributed by atoms with Gasteiger partial charge in [0.2, 0.25) is 0 Å². The summed E-state index contributed by atoms with van der Waals surface area (Å²) in [6.07, 6.45) is 2.78. The van der Waals surface area contributed by atoms with Gasteiger partial charge < -0.3 is 4.90 Å². The van der Waals surface area contributed by atoms with Gasteiger partial charge >= 0.3 is 0 Å². The van der Waals surface area contributed by atoms with E-state index in [0.29, 0.717) is 0 Å². The molecule has 17 heavy (non-hydrogen) atoms. The lowest BCUT2D eigenvalue weighted by Crippen LogP contribution is -2.50. The van der Waals surface area contributed by atoms with Crippen LogP contribution in [0, 0.1) is 13.8 Å². The van der Waals surface area contributed by atoms with Gasteiger partial charge in [0.15, 0.2) is 0 Å². The maximum absolute atomic E-state index is 2.67. The number of piperazine rings is 1. The van der Waals surface area contributed by atoms with Gasteiger partial charge in [0.1, 0.15) is 0 Å². The van der Waals surface area contributed by atoms with Gasteiger partial charge in [0, 0.05) is 31.4 Å². The van der Waals surface area contributed by atoms with Crippen molar-refractivity contribution in [1.29, 1.82) is 0 Å². The Morgan fingerprint density at radius 1 is 1.00 bits per heavy atom. The van der Waals surface area contributed by atoms with Crippen molar-refractivity contribution in [2.24, 2.45) is 0 Å². The molecule has 0 saturated carbocycles. The van der Waals surface area contributed by atoms with Crippen LogP contribution in [0.15, 0.2) is 18.2 Å². The van der Waals surface area contributed by atoms with Crippen molar-refractivity contribution in [3.63, 3.8) is 0 Å². The van der Waals surface area contributed by atoms with Crippen molar-refractivity contribution in [2.75, 3.05) is 31.1 Å². The van der Waals surface area contributed by atoms with E-state index in [4.69, 9.17) is 0 Å². The first-order valence-electron chi connectivity index (χ1n) is 6.80. The van der Waals surface area contributed by atoms with Crippen LogP contribution in [0.5, 0.6) is 0 Å². The number of hydrogen-bond donors (Lipinski definition) is 0. The minimum absolute atomic E-state index is 0.810. The summed E-state index contributed by atoms with van der Waals surface area (Å²) < 4.78 is 0. The van der Waals surface area contributed by atoms with E-state index in [1.54, 1.807) is 0 Å². The van der Waals surface area contributed by atoms with Gasteiger partial charge in [-0.15, -0.1) is 0 Å². The number of rotatable bonds is 1. The van der Waals surface area contributed by atoms with Gasteiger partial charge in [-0.1, -0.05) is 6.07 Å². The van der Waals surface area contributed by atoms with Crippen molar-refractivity contribution in [3.05, 3.63) is 29.3 Å². The second kappa shape index (κ2) is 4.34. The molecule has 0 aromatic heterocycles. The Kier molecular flexibility index (Phi) is 2.83. The molecule has 1 unspecified atom stereocenters. The van der Waals surface area contributed by atoms with Crippen molar-refractivity contribution >= 4 is 5.69 Å². The highest BCUT2D eigenvalue weighted by Crippen LogP contribution is 2.26. The van der Waals surface area contributed by atoms with E-state index in [9.17, 15) is 0 Å². The third-order valence-corrected chi connectivity index (χ3v) is 4.16. The summed E-state index contributed by atoms with van der Waals surface area (Å²) in [5.41, 5.74) is 4.19. The van der Waals surface area contributed by atoms with Crippen molar-refractivity contribution in [1.82, 2.24) is 4.90 Å². The third kappa shape index (κ3) is 2.19. The Labute approximate surface area is 104 Å². The van der Waals surface area contributed by atoms with Crippen LogP contribution in [-0.2, 0) is 0 Å². The van der Waals surface area contributed by atoms with E-state index in [-0.39, 0.29) is 0 Å². The van der Waals surface area contributed by atoms with Crippen LogP contribution in [0.3, 0.4) is 0 Å². The smallest absolute Gasteiger partial charge is 0.0372 e. The van der Waals surface area contributed by atoms with E-state index in [1.165, 1.54) is 55.8 Å². The summed E-state index contributed by atoms with van der Waals surface area (Å²) in [4.78, 5) is 5.24. The quantitative estimate of drug-likeness (QED) is 0.731. The molecule has 0 spiro atoms. The summed E-state index contributed by atoms with van der Waals surface area (Å²) in [6.45, 7) is 9.38. The molecule has 1 aromatic carbocycles. The Bertz CT molecular complexity index is 393. The van der Waals surface area contributed by atoms with Gasteiger partial charge in [-0.2, -0.15) is 0 Å². The first kappa shape index (κ1) is 11.1. The summed E-state index contributed by atoms with van der Waals surface area (Å²) in [5, 5.41) is 0. The molecule has 2 fully saturated rings. The normalized spacial score (nSPS) is 25.1. The number of fused-ring (bicyclic) bond motifs is 1. The molecule has 2 saturated heterocycles. The predicted octanol–water partition coefficient (Wildman–Crippen LogP) is 2.59. The Morgan fingerprint density at radius 2 is 1.76 bits per heavy atom. The molecular weight excluding hydrogens is 208 g/mol. The average Bonchev–Trinajstić information content (AvgIpc) is 2.74. The molecule has 2 aliphatic heterocycles. The Hall–Kier alpha value is -1.02. The average molecular weight is 230 g/mol. The number of hydrogen-bond acceptors (Lipinski definition) is 2. The summed E-state index contributed by atoms with van der Waals surface area (Å²) >= 11 is 0. The molecular formula is C15H22N2. The highest BCUT2D eigenvalue weighted by atomic mass is 15.3. The highest BCUT2D eigenvalue weighted by molar-refractivity contribution is 5.51. The van der Waals surface area contributed by atoms with Gasteiger partial charge in [-0.25, -0.2) is 0 Å². The van der Waals surface area contributed by atoms with Crippen LogP contribution in [0.4, 0.5) is 5.69 Å². The standard InChI is InChI=1S/C15H22N2/c1-12-8-13(2)10-15(9-12)17-7-6-16-5-3-4-14(16)11-17/h8-10,14H,3-7,11H2,1-2H3. The molecule has 0 N–H and O–H groups in total. The molecule has 92 valence electrons. The number of nitrogens with zero attached hydrogens (tertiary/aromatic N) is 2. The molecule has 1 atom stereocenters. The fraction of sp³-hybridized carbons (Fsp3) is 0.600. The van der Waals surface area contributed by atoms with E-state index in [2.05, 4.69) is 41.8 Å². The van der Waals surface area contributed by atoms with Crippen LogP contribution in [0.2, 0.25) is 0 Å². The zero-order chi connectivity index (χ0) is 11.8. The van der Waals surface area contributed by atoms with Crippen molar-refractivity contribution in [2.45, 2.75) is 32.7 Å². The molecule has 0 amide bonds. The lowest BCUT2D eigenvalue weighted by molar-refractivity contribution is 0.231. The predicted molar refractivity (Wildman–Crippen MR) is 72.7 cm³/mol. The third-order valence-electron chi connectivity index (χ3n) is 4.16. The molecule has 2 heterocycles. The van der Waals surface area contributed by atoms with E-state index >= 15 is 0 Å². The Balaban J connectivity index is 1.80. The van der Waals surface area contributed by atoms with Crippen LogP contribution < -0.4 is 4.90 Å². The second-order valence-electron chi connectivity index (χ2n) is 5.62. The SMILES string of the molecule is Cc1cc(C)cc(N2CCN3CCCC3C2)c1. The number of aryl methyl sites for hydroxylation is 2. The number of anilines is 1. The van der Waals surface area contributed by atoms with E-state index in [0.717, 1.165) is 6.04 Å². The van der Waals surface area contributed by atoms with Crippen molar-refractivity contribution < 1.29 is 0 Å². The molecule has 2 heteroatoms. The van der Waals surface area contributed by atoms with Gasteiger partial charge in [-0.3, -0.25) is 4.90 Å². The van der Waals surface area contributed by atoms with E-state index < -0.39 is 0 Å². The van der Waals surface area contributed by atoms with Gasteiger partial charge in [-0.05, 0) is 56.5 Å². The van der Waals surface area contributed by atoms with E-state index in [1.807, 2.05) is 0 Å². The summed E-state index contributed by atoms with van der Waals surface area (Å²) in [7, 11) is 0. The van der Waals surface area contributed by atoms with Crippen molar-refractivity contribution in [3.8, 4) is 0 Å². The maximum Gasteiger partial charge on any atom is 0.0372 e. The molecule has 1 aromatic rings.